The molecular formula is C10H10Cl2N4S. The molecule has 90 valence electrons. The lowest BCUT2D eigenvalue weighted by atomic mass is 10.2. The zero-order valence-corrected chi connectivity index (χ0v) is 11.3. The standard InChI is InChI=1S/C10H10Cl2N4S/c1-6-14-15-10(17)16(6)13-5-7-8(11)3-2-4-9(7)12/h2-4,13H,5H2,1H3,(H,15,17). The Bertz CT molecular complexity index is 570. The first-order chi connectivity index (χ1) is 8.09. The Morgan fingerprint density at radius 3 is 2.59 bits per heavy atom. The van der Waals surface area contributed by atoms with Crippen LogP contribution in [0.2, 0.25) is 10.0 Å². The van der Waals surface area contributed by atoms with Crippen molar-refractivity contribution >= 4 is 35.4 Å². The number of rotatable bonds is 3. The molecule has 1 aromatic carbocycles. The lowest BCUT2D eigenvalue weighted by Crippen LogP contribution is -2.16. The molecule has 0 spiro atoms. The summed E-state index contributed by atoms with van der Waals surface area (Å²) in [6.07, 6.45) is 0. The van der Waals surface area contributed by atoms with Crippen molar-refractivity contribution < 1.29 is 0 Å². The van der Waals surface area contributed by atoms with Crippen LogP contribution in [0.1, 0.15) is 11.4 Å². The molecule has 0 aliphatic rings. The number of aromatic nitrogens is 3. The summed E-state index contributed by atoms with van der Waals surface area (Å²) >= 11 is 17.2. The van der Waals surface area contributed by atoms with E-state index in [0.29, 0.717) is 21.4 Å². The van der Waals surface area contributed by atoms with E-state index in [1.165, 1.54) is 0 Å². The normalized spacial score (nSPS) is 10.5. The van der Waals surface area contributed by atoms with Gasteiger partial charge in [-0.1, -0.05) is 29.3 Å². The summed E-state index contributed by atoms with van der Waals surface area (Å²) in [5.41, 5.74) is 3.94. The maximum atomic E-state index is 6.07. The Labute approximate surface area is 114 Å². The van der Waals surface area contributed by atoms with E-state index in [0.717, 1.165) is 11.4 Å². The summed E-state index contributed by atoms with van der Waals surface area (Å²) in [6, 6.07) is 5.40. The zero-order chi connectivity index (χ0) is 12.4. The second-order valence-corrected chi connectivity index (χ2v) is 4.65. The average Bonchev–Trinajstić information content (AvgIpc) is 2.59. The highest BCUT2D eigenvalue weighted by atomic mass is 35.5. The molecular weight excluding hydrogens is 279 g/mol. The lowest BCUT2D eigenvalue weighted by Gasteiger charge is -2.10. The molecule has 0 atom stereocenters. The topological polar surface area (TPSA) is 45.6 Å². The molecule has 2 rings (SSSR count). The maximum Gasteiger partial charge on any atom is 0.214 e. The van der Waals surface area contributed by atoms with Crippen molar-refractivity contribution in [2.75, 3.05) is 5.43 Å². The van der Waals surface area contributed by atoms with E-state index >= 15 is 0 Å². The largest absolute Gasteiger partial charge is 0.318 e. The summed E-state index contributed by atoms with van der Waals surface area (Å²) < 4.78 is 2.18. The molecule has 7 heteroatoms. The predicted octanol–water partition coefficient (Wildman–Crippen LogP) is 3.30. The predicted molar refractivity (Wildman–Crippen MR) is 71.7 cm³/mol. The van der Waals surface area contributed by atoms with Gasteiger partial charge in [0.2, 0.25) is 4.77 Å². The fraction of sp³-hybridized carbons (Fsp3) is 0.200. The molecule has 0 unspecified atom stereocenters. The van der Waals surface area contributed by atoms with Crippen molar-refractivity contribution in [3.05, 3.63) is 44.4 Å². The molecule has 2 aromatic rings. The maximum absolute atomic E-state index is 6.07. The van der Waals surface area contributed by atoms with Crippen LogP contribution in [0.15, 0.2) is 18.2 Å². The van der Waals surface area contributed by atoms with E-state index in [1.807, 2.05) is 13.0 Å². The first kappa shape index (κ1) is 12.4. The second kappa shape index (κ2) is 5.08. The van der Waals surface area contributed by atoms with Crippen molar-refractivity contribution in [3.63, 3.8) is 0 Å². The van der Waals surface area contributed by atoms with Crippen LogP contribution in [0.25, 0.3) is 0 Å². The number of nitrogens with zero attached hydrogens (tertiary/aromatic N) is 2. The third kappa shape index (κ3) is 2.62. The molecule has 2 N–H and O–H groups in total. The Morgan fingerprint density at radius 2 is 2.06 bits per heavy atom. The van der Waals surface area contributed by atoms with Crippen LogP contribution < -0.4 is 5.43 Å². The Kier molecular flexibility index (Phi) is 3.71. The van der Waals surface area contributed by atoms with Crippen molar-refractivity contribution in [1.29, 1.82) is 0 Å². The van der Waals surface area contributed by atoms with Gasteiger partial charge >= 0.3 is 0 Å². The van der Waals surface area contributed by atoms with E-state index < -0.39 is 0 Å². The molecule has 1 heterocycles. The number of benzene rings is 1. The molecule has 0 saturated carbocycles. The van der Waals surface area contributed by atoms with Crippen LogP contribution in [0, 0.1) is 11.7 Å². The highest BCUT2D eigenvalue weighted by molar-refractivity contribution is 7.71. The molecule has 0 radical (unpaired) electrons. The van der Waals surface area contributed by atoms with E-state index in [2.05, 4.69) is 15.6 Å². The van der Waals surface area contributed by atoms with Gasteiger partial charge < -0.3 is 5.43 Å². The summed E-state index contributed by atoms with van der Waals surface area (Å²) in [5, 5.41) is 7.93. The number of halogens is 2. The van der Waals surface area contributed by atoms with Crippen LogP contribution >= 0.6 is 35.4 Å². The van der Waals surface area contributed by atoms with E-state index in [9.17, 15) is 0 Å². The number of hydrogen-bond acceptors (Lipinski definition) is 3. The number of H-pyrrole nitrogens is 1. The molecule has 0 aliphatic heterocycles. The fourth-order valence-corrected chi connectivity index (χ4v) is 2.19. The highest BCUT2D eigenvalue weighted by Gasteiger charge is 2.06. The molecule has 0 aliphatic carbocycles. The molecule has 0 amide bonds. The first-order valence-electron chi connectivity index (χ1n) is 4.90. The molecule has 0 saturated heterocycles. The molecule has 0 fully saturated rings. The van der Waals surface area contributed by atoms with Gasteiger partial charge in [-0.25, -0.2) is 4.68 Å². The summed E-state index contributed by atoms with van der Waals surface area (Å²) in [4.78, 5) is 0. The van der Waals surface area contributed by atoms with Crippen molar-refractivity contribution in [3.8, 4) is 0 Å². The van der Waals surface area contributed by atoms with E-state index in [4.69, 9.17) is 35.4 Å². The Hall–Kier alpha value is -1.04. The zero-order valence-electron chi connectivity index (χ0n) is 9.00. The van der Waals surface area contributed by atoms with Gasteiger partial charge in [0.05, 0.1) is 6.54 Å². The SMILES string of the molecule is Cc1n[nH]c(=S)n1NCc1c(Cl)cccc1Cl. The molecule has 4 nitrogen and oxygen atoms in total. The first-order valence-corrected chi connectivity index (χ1v) is 6.07. The van der Waals surface area contributed by atoms with Gasteiger partial charge in [0.25, 0.3) is 0 Å². The average molecular weight is 289 g/mol. The van der Waals surface area contributed by atoms with Crippen molar-refractivity contribution in [2.24, 2.45) is 0 Å². The van der Waals surface area contributed by atoms with Gasteiger partial charge in [-0.15, -0.1) is 0 Å². The van der Waals surface area contributed by atoms with Crippen LogP contribution in [-0.4, -0.2) is 14.9 Å². The van der Waals surface area contributed by atoms with Crippen LogP contribution in [-0.2, 0) is 6.54 Å². The van der Waals surface area contributed by atoms with Gasteiger partial charge in [-0.05, 0) is 31.3 Å². The number of aryl methyl sites for hydroxylation is 1. The van der Waals surface area contributed by atoms with E-state index in [-0.39, 0.29) is 0 Å². The molecule has 1 aromatic heterocycles. The second-order valence-electron chi connectivity index (χ2n) is 3.45. The Morgan fingerprint density at radius 1 is 1.41 bits per heavy atom. The Balaban J connectivity index is 2.21. The summed E-state index contributed by atoms with van der Waals surface area (Å²) in [5.74, 6) is 0.748. The minimum absolute atomic E-state index is 0.479. The van der Waals surface area contributed by atoms with Gasteiger partial charge in [0, 0.05) is 15.6 Å². The molecule has 17 heavy (non-hydrogen) atoms. The number of hydrogen-bond donors (Lipinski definition) is 2. The lowest BCUT2D eigenvalue weighted by molar-refractivity contribution is 0.794. The van der Waals surface area contributed by atoms with Crippen LogP contribution in [0.4, 0.5) is 0 Å². The van der Waals surface area contributed by atoms with Gasteiger partial charge in [-0.3, -0.25) is 5.10 Å². The molecule has 0 bridgehead atoms. The fourth-order valence-electron chi connectivity index (χ4n) is 1.42. The van der Waals surface area contributed by atoms with Crippen molar-refractivity contribution in [1.82, 2.24) is 14.9 Å². The van der Waals surface area contributed by atoms with Crippen LogP contribution in [0.3, 0.4) is 0 Å². The monoisotopic (exact) mass is 288 g/mol. The number of nitrogens with one attached hydrogen (secondary N) is 2. The minimum Gasteiger partial charge on any atom is -0.318 e. The summed E-state index contributed by atoms with van der Waals surface area (Å²) in [6.45, 7) is 2.32. The van der Waals surface area contributed by atoms with Gasteiger partial charge in [-0.2, -0.15) is 5.10 Å². The minimum atomic E-state index is 0.479. The quantitative estimate of drug-likeness (QED) is 0.852. The van der Waals surface area contributed by atoms with Gasteiger partial charge in [0.15, 0.2) is 0 Å². The summed E-state index contributed by atoms with van der Waals surface area (Å²) in [7, 11) is 0. The van der Waals surface area contributed by atoms with Gasteiger partial charge in [0.1, 0.15) is 5.82 Å². The highest BCUT2D eigenvalue weighted by Crippen LogP contribution is 2.24. The third-order valence-electron chi connectivity index (χ3n) is 2.32. The smallest absolute Gasteiger partial charge is 0.214 e. The third-order valence-corrected chi connectivity index (χ3v) is 3.30. The number of aromatic amines is 1. The van der Waals surface area contributed by atoms with Crippen LogP contribution in [0.5, 0.6) is 0 Å². The van der Waals surface area contributed by atoms with Crippen molar-refractivity contribution in [2.45, 2.75) is 13.5 Å². The van der Waals surface area contributed by atoms with E-state index in [1.54, 1.807) is 16.8 Å².